The van der Waals surface area contributed by atoms with Crippen LogP contribution in [0.4, 0.5) is 0 Å². The van der Waals surface area contributed by atoms with Crippen molar-refractivity contribution in [3.63, 3.8) is 0 Å². The number of hydrogen-bond donors (Lipinski definition) is 0. The molecular weight excluding hydrogens is 1020 g/mol. The minimum atomic E-state index is -0.788. The van der Waals surface area contributed by atoms with Crippen molar-refractivity contribution in [2.24, 2.45) is 0 Å². The lowest BCUT2D eigenvalue weighted by atomic mass is 10.0. The van der Waals surface area contributed by atoms with Crippen molar-refractivity contribution < 1.29 is 28.6 Å². The molecule has 1 atom stereocenters. The van der Waals surface area contributed by atoms with Crippen LogP contribution in [0.5, 0.6) is 0 Å². The van der Waals surface area contributed by atoms with Gasteiger partial charge < -0.3 is 14.2 Å². The zero-order valence-electron chi connectivity index (χ0n) is 55.5. The van der Waals surface area contributed by atoms with Crippen LogP contribution in [0.15, 0.2) is 72.9 Å². The number of ether oxygens (including phenoxy) is 3. The zero-order chi connectivity index (χ0) is 59.9. The predicted octanol–water partition coefficient (Wildman–Crippen LogP) is 25.2. The zero-order valence-corrected chi connectivity index (χ0v) is 55.5. The van der Waals surface area contributed by atoms with Crippen LogP contribution in [0.2, 0.25) is 0 Å². The fraction of sp³-hybridized carbons (Fsp3) is 0.805. The Morgan fingerprint density at radius 3 is 0.759 bits per heavy atom. The highest BCUT2D eigenvalue weighted by Crippen LogP contribution is 2.18. The first-order chi connectivity index (χ1) is 41.0. The summed E-state index contributed by atoms with van der Waals surface area (Å²) in [5, 5.41) is 0. The van der Waals surface area contributed by atoms with E-state index < -0.39 is 6.10 Å². The van der Waals surface area contributed by atoms with E-state index >= 15 is 0 Å². The lowest BCUT2D eigenvalue weighted by Gasteiger charge is -2.18. The average Bonchev–Trinajstić information content (AvgIpc) is 3.49. The fourth-order valence-corrected chi connectivity index (χ4v) is 10.7. The van der Waals surface area contributed by atoms with Crippen molar-refractivity contribution in [2.75, 3.05) is 13.2 Å². The van der Waals surface area contributed by atoms with Gasteiger partial charge in [-0.1, -0.05) is 325 Å². The highest BCUT2D eigenvalue weighted by molar-refractivity contribution is 5.71. The fourth-order valence-electron chi connectivity index (χ4n) is 10.7. The normalized spacial score (nSPS) is 12.5. The van der Waals surface area contributed by atoms with Crippen LogP contribution < -0.4 is 0 Å². The second kappa shape index (κ2) is 71.3. The van der Waals surface area contributed by atoms with Crippen molar-refractivity contribution in [1.29, 1.82) is 0 Å². The van der Waals surface area contributed by atoms with Gasteiger partial charge in [0.15, 0.2) is 6.10 Å². The standard InChI is InChI=1S/C77H138O6/c1-4-7-10-13-16-19-22-25-27-29-31-32-33-34-35-36-37-38-39-40-41-42-43-44-46-47-49-52-55-58-61-64-67-70-76(79)82-73-74(72-81-75(78)69-66-63-60-57-54-51-24-21-18-15-12-9-6-3)83-77(80)71-68-65-62-59-56-53-50-48-45-30-28-26-23-20-17-14-11-8-5-2/h9,12,18,21-22,25-26,28-29,31,51,54,74H,4-8,10-11,13-17,19-20,23-24,27,30,32-50,52-53,55-73H2,1-3H3/b12-9-,21-18-,25-22-,28-26-,31-29-,54-51-. The number of carbonyl (C=O) groups is 3. The van der Waals surface area contributed by atoms with E-state index in [0.717, 1.165) is 89.9 Å². The number of allylic oxidation sites excluding steroid dienone is 12. The molecule has 0 aliphatic rings. The van der Waals surface area contributed by atoms with E-state index in [0.29, 0.717) is 19.3 Å². The Balaban J connectivity index is 4.15. The van der Waals surface area contributed by atoms with Crippen molar-refractivity contribution in [3.05, 3.63) is 72.9 Å². The molecule has 6 heteroatoms. The van der Waals surface area contributed by atoms with Gasteiger partial charge in [-0.3, -0.25) is 14.4 Å². The summed E-state index contributed by atoms with van der Waals surface area (Å²) in [5.74, 6) is -0.894. The predicted molar refractivity (Wildman–Crippen MR) is 362 cm³/mol. The Morgan fingerprint density at radius 2 is 0.470 bits per heavy atom. The smallest absolute Gasteiger partial charge is 0.306 e. The highest BCUT2D eigenvalue weighted by atomic mass is 16.6. The molecule has 0 amide bonds. The lowest BCUT2D eigenvalue weighted by Crippen LogP contribution is -2.30. The molecule has 0 saturated heterocycles. The van der Waals surface area contributed by atoms with E-state index in [9.17, 15) is 14.4 Å². The summed E-state index contributed by atoms with van der Waals surface area (Å²) in [6.45, 7) is 6.54. The van der Waals surface area contributed by atoms with Gasteiger partial charge in [0, 0.05) is 19.3 Å². The summed E-state index contributed by atoms with van der Waals surface area (Å²) in [7, 11) is 0. The molecule has 482 valence electrons. The van der Waals surface area contributed by atoms with E-state index in [1.807, 2.05) is 0 Å². The summed E-state index contributed by atoms with van der Waals surface area (Å²) in [6.07, 6.45) is 93.8. The molecule has 1 unspecified atom stereocenters. The van der Waals surface area contributed by atoms with Crippen LogP contribution in [0.1, 0.15) is 380 Å². The molecule has 0 bridgehead atoms. The van der Waals surface area contributed by atoms with Crippen molar-refractivity contribution in [2.45, 2.75) is 386 Å². The van der Waals surface area contributed by atoms with Gasteiger partial charge in [-0.25, -0.2) is 0 Å². The number of hydrogen-bond acceptors (Lipinski definition) is 6. The first kappa shape index (κ1) is 79.8. The first-order valence-corrected chi connectivity index (χ1v) is 36.4. The van der Waals surface area contributed by atoms with Crippen LogP contribution in [0, 0.1) is 0 Å². The molecule has 0 rings (SSSR count). The van der Waals surface area contributed by atoms with Gasteiger partial charge in [-0.15, -0.1) is 0 Å². The number of unbranched alkanes of at least 4 members (excludes halogenated alkanes) is 44. The Morgan fingerprint density at radius 1 is 0.253 bits per heavy atom. The SMILES string of the molecule is CC/C=C\C/C=C\C/C=C\CCCCCC(=O)OCC(COC(=O)CCCCCCCCCCCCCCCCCCCCCCC/C=C\C/C=C\CCCCCCC)OC(=O)CCCCCCCCCCC/C=C\CCCCCCCC. The number of carbonyl (C=O) groups excluding carboxylic acids is 3. The monoisotopic (exact) mass is 1160 g/mol. The Hall–Kier alpha value is -3.15. The minimum absolute atomic E-state index is 0.0818. The third-order valence-electron chi connectivity index (χ3n) is 16.2. The van der Waals surface area contributed by atoms with Crippen LogP contribution in [0.3, 0.4) is 0 Å². The van der Waals surface area contributed by atoms with Gasteiger partial charge in [-0.2, -0.15) is 0 Å². The number of esters is 3. The van der Waals surface area contributed by atoms with E-state index in [1.165, 1.54) is 250 Å². The molecule has 0 radical (unpaired) electrons. The molecule has 0 aromatic heterocycles. The largest absolute Gasteiger partial charge is 0.462 e. The molecule has 83 heavy (non-hydrogen) atoms. The highest BCUT2D eigenvalue weighted by Gasteiger charge is 2.19. The van der Waals surface area contributed by atoms with Crippen molar-refractivity contribution in [3.8, 4) is 0 Å². The number of rotatable bonds is 67. The topological polar surface area (TPSA) is 78.9 Å². The van der Waals surface area contributed by atoms with Gasteiger partial charge in [-0.05, 0) is 109 Å². The molecule has 0 aliphatic carbocycles. The van der Waals surface area contributed by atoms with E-state index in [4.69, 9.17) is 14.2 Å². The first-order valence-electron chi connectivity index (χ1n) is 36.4. The molecular formula is C77H138O6. The second-order valence-corrected chi connectivity index (χ2v) is 24.5. The third-order valence-corrected chi connectivity index (χ3v) is 16.2. The molecule has 6 nitrogen and oxygen atoms in total. The Kier molecular flexibility index (Phi) is 68.6. The molecule has 0 N–H and O–H groups in total. The molecule has 0 spiro atoms. The van der Waals surface area contributed by atoms with Crippen LogP contribution in [-0.4, -0.2) is 37.2 Å². The second-order valence-electron chi connectivity index (χ2n) is 24.5. The quantitative estimate of drug-likeness (QED) is 0.0261. The maximum Gasteiger partial charge on any atom is 0.306 e. The van der Waals surface area contributed by atoms with Gasteiger partial charge in [0.05, 0.1) is 0 Å². The summed E-state index contributed by atoms with van der Waals surface area (Å²) >= 11 is 0. The van der Waals surface area contributed by atoms with Gasteiger partial charge in [0.2, 0.25) is 0 Å². The summed E-state index contributed by atoms with van der Waals surface area (Å²) < 4.78 is 17.0. The van der Waals surface area contributed by atoms with Crippen LogP contribution in [0.25, 0.3) is 0 Å². The molecule has 0 aromatic rings. The maximum atomic E-state index is 12.9. The van der Waals surface area contributed by atoms with Crippen molar-refractivity contribution in [1.82, 2.24) is 0 Å². The third kappa shape index (κ3) is 69.5. The summed E-state index contributed by atoms with van der Waals surface area (Å²) in [4.78, 5) is 38.4. The van der Waals surface area contributed by atoms with Gasteiger partial charge in [0.25, 0.3) is 0 Å². The maximum absolute atomic E-state index is 12.9. The molecule has 0 saturated carbocycles. The molecule has 0 fully saturated rings. The van der Waals surface area contributed by atoms with Gasteiger partial charge >= 0.3 is 17.9 Å². The summed E-state index contributed by atoms with van der Waals surface area (Å²) in [6, 6.07) is 0. The van der Waals surface area contributed by atoms with Crippen LogP contribution in [-0.2, 0) is 28.6 Å². The average molecular weight is 1160 g/mol. The molecule has 0 aromatic carbocycles. The Labute approximate surface area is 516 Å². The van der Waals surface area contributed by atoms with E-state index in [1.54, 1.807) is 0 Å². The minimum Gasteiger partial charge on any atom is -0.462 e. The van der Waals surface area contributed by atoms with E-state index in [2.05, 4.69) is 93.7 Å². The summed E-state index contributed by atoms with van der Waals surface area (Å²) in [5.41, 5.74) is 0. The van der Waals surface area contributed by atoms with Crippen LogP contribution >= 0.6 is 0 Å². The van der Waals surface area contributed by atoms with Crippen molar-refractivity contribution >= 4 is 17.9 Å². The van der Waals surface area contributed by atoms with E-state index in [-0.39, 0.29) is 31.1 Å². The molecule has 0 aliphatic heterocycles. The van der Waals surface area contributed by atoms with Gasteiger partial charge in [0.1, 0.15) is 13.2 Å². The Bertz CT molecular complexity index is 1520. The lowest BCUT2D eigenvalue weighted by molar-refractivity contribution is -0.167. The molecule has 0 heterocycles.